The maximum absolute atomic E-state index is 15.0. The molecule has 3 rings (SSSR count). The van der Waals surface area contributed by atoms with Gasteiger partial charge in [-0.3, -0.25) is 0 Å². The van der Waals surface area contributed by atoms with Gasteiger partial charge in [0.15, 0.2) is 0 Å². The number of allylic oxidation sites excluding steroid dienone is 1. The van der Waals surface area contributed by atoms with E-state index in [2.05, 4.69) is 5.32 Å². The normalized spacial score (nSPS) is 21.5. The summed E-state index contributed by atoms with van der Waals surface area (Å²) in [7, 11) is -3.75. The quantitative estimate of drug-likeness (QED) is 0.485. The van der Waals surface area contributed by atoms with Gasteiger partial charge in [0.05, 0.1) is 11.7 Å². The van der Waals surface area contributed by atoms with Gasteiger partial charge in [-0.05, 0) is 50.8 Å². The fourth-order valence-electron chi connectivity index (χ4n) is 4.29. The first-order chi connectivity index (χ1) is 15.7. The Balaban J connectivity index is 0.00000408. The van der Waals surface area contributed by atoms with E-state index in [-0.39, 0.29) is 29.2 Å². The molecule has 34 heavy (non-hydrogen) atoms. The Kier molecular flexibility index (Phi) is 9.72. The first-order valence-electron chi connectivity index (χ1n) is 11.2. The van der Waals surface area contributed by atoms with Crippen LogP contribution in [0.25, 0.3) is 0 Å². The van der Waals surface area contributed by atoms with E-state index < -0.39 is 32.9 Å². The highest BCUT2D eigenvalue weighted by Crippen LogP contribution is 2.38. The lowest BCUT2D eigenvalue weighted by molar-refractivity contribution is -0.839. The third kappa shape index (κ3) is 6.00. The number of rotatable bonds is 8. The molecule has 10 heteroatoms. The van der Waals surface area contributed by atoms with Crippen molar-refractivity contribution >= 4 is 10.0 Å². The van der Waals surface area contributed by atoms with Crippen LogP contribution in [0.4, 0.5) is 8.78 Å². The molecule has 1 aliphatic rings. The van der Waals surface area contributed by atoms with Crippen LogP contribution in [-0.2, 0) is 16.6 Å². The summed E-state index contributed by atoms with van der Waals surface area (Å²) in [4.78, 5) is 0. The number of hydrogen-bond acceptors (Lipinski definition) is 4. The monoisotopic (exact) mass is 498 g/mol. The minimum absolute atomic E-state index is 0. The van der Waals surface area contributed by atoms with Crippen molar-refractivity contribution < 1.29 is 33.4 Å². The van der Waals surface area contributed by atoms with Crippen LogP contribution in [0.3, 0.4) is 0 Å². The minimum Gasteiger partial charge on any atom is -0.412 e. The molecule has 6 N–H and O–H groups in total. The van der Waals surface area contributed by atoms with Crippen LogP contribution >= 0.6 is 0 Å². The summed E-state index contributed by atoms with van der Waals surface area (Å²) in [6, 6.07) is 10.3. The Morgan fingerprint density at radius 2 is 1.91 bits per heavy atom. The van der Waals surface area contributed by atoms with Crippen molar-refractivity contribution in [1.29, 1.82) is 0 Å². The number of halogens is 2. The summed E-state index contributed by atoms with van der Waals surface area (Å²) >= 11 is 0. The van der Waals surface area contributed by atoms with Gasteiger partial charge in [0.1, 0.15) is 23.1 Å². The van der Waals surface area contributed by atoms with Gasteiger partial charge in [-0.25, -0.2) is 22.4 Å². The van der Waals surface area contributed by atoms with E-state index in [1.54, 1.807) is 38.1 Å². The van der Waals surface area contributed by atoms with Gasteiger partial charge < -0.3 is 10.8 Å². The van der Waals surface area contributed by atoms with Gasteiger partial charge in [0.2, 0.25) is 10.0 Å². The topological polar surface area (TPSA) is 118 Å². The number of sulfonamides is 1. The summed E-state index contributed by atoms with van der Waals surface area (Å²) in [6.07, 6.45) is 3.17. The maximum atomic E-state index is 15.0. The molecule has 3 atom stereocenters. The summed E-state index contributed by atoms with van der Waals surface area (Å²) in [5.74, 6) is -1.27. The van der Waals surface area contributed by atoms with Crippen molar-refractivity contribution in [2.45, 2.75) is 63.9 Å². The van der Waals surface area contributed by atoms with Crippen molar-refractivity contribution in [2.75, 3.05) is 0 Å². The summed E-state index contributed by atoms with van der Waals surface area (Å²) < 4.78 is 58.1. The number of nitrogens with two attached hydrogens (primary N) is 1. The molecule has 188 valence electrons. The SMILES string of the molecule is CC/C(=C\[NH2+]O)NC(C)c1cc(F)c(CN2[C@@H](C)CC[C@H](c3ccccc3)S2(=O)=O)cc1F.O. The zero-order chi connectivity index (χ0) is 24.2. The van der Waals surface area contributed by atoms with Gasteiger partial charge in [0, 0.05) is 23.7 Å². The molecule has 2 aromatic rings. The van der Waals surface area contributed by atoms with E-state index in [0.29, 0.717) is 30.5 Å². The smallest absolute Gasteiger partial charge is 0.221 e. The number of nitrogens with zero attached hydrogens (tertiary/aromatic N) is 1. The first kappa shape index (κ1) is 27.9. The van der Waals surface area contributed by atoms with E-state index in [0.717, 1.165) is 17.6 Å². The third-order valence-electron chi connectivity index (χ3n) is 6.21. The average molecular weight is 499 g/mol. The molecule has 1 aliphatic heterocycles. The molecule has 0 amide bonds. The second-order valence-corrected chi connectivity index (χ2v) is 10.5. The number of quaternary nitrogens is 1. The Morgan fingerprint density at radius 3 is 2.53 bits per heavy atom. The zero-order valence-electron chi connectivity index (χ0n) is 19.6. The van der Waals surface area contributed by atoms with Crippen LogP contribution < -0.4 is 10.8 Å². The largest absolute Gasteiger partial charge is 0.412 e. The van der Waals surface area contributed by atoms with Gasteiger partial charge in [-0.15, -0.1) is 0 Å². The molecule has 1 fully saturated rings. The van der Waals surface area contributed by atoms with Crippen molar-refractivity contribution in [1.82, 2.24) is 9.62 Å². The molecular weight excluding hydrogens is 464 g/mol. The fourth-order valence-corrected chi connectivity index (χ4v) is 6.48. The van der Waals surface area contributed by atoms with Crippen LogP contribution in [0.2, 0.25) is 0 Å². The highest BCUT2D eigenvalue weighted by atomic mass is 32.2. The fraction of sp³-hybridized carbons (Fsp3) is 0.417. The predicted octanol–water partition coefficient (Wildman–Crippen LogP) is 3.05. The number of hydroxylamine groups is 1. The molecule has 1 unspecified atom stereocenters. The molecule has 2 aromatic carbocycles. The van der Waals surface area contributed by atoms with Gasteiger partial charge >= 0.3 is 0 Å². The second-order valence-electron chi connectivity index (χ2n) is 8.44. The third-order valence-corrected chi connectivity index (χ3v) is 8.58. The Bertz CT molecular complexity index is 1100. The van der Waals surface area contributed by atoms with Crippen LogP contribution in [0.1, 0.15) is 68.0 Å². The number of nitrogens with one attached hydrogen (secondary N) is 1. The van der Waals surface area contributed by atoms with E-state index in [1.165, 1.54) is 10.5 Å². The molecule has 0 saturated carbocycles. The summed E-state index contributed by atoms with van der Waals surface area (Å²) in [6.45, 7) is 5.14. The van der Waals surface area contributed by atoms with E-state index in [1.807, 2.05) is 13.0 Å². The van der Waals surface area contributed by atoms with Crippen molar-refractivity contribution in [2.24, 2.45) is 0 Å². The lowest BCUT2D eigenvalue weighted by atomic mass is 10.0. The van der Waals surface area contributed by atoms with Gasteiger partial charge in [-0.2, -0.15) is 9.79 Å². The van der Waals surface area contributed by atoms with Gasteiger partial charge in [0.25, 0.3) is 0 Å². The summed E-state index contributed by atoms with van der Waals surface area (Å²) in [5.41, 5.74) is 2.40. The highest BCUT2D eigenvalue weighted by Gasteiger charge is 2.40. The van der Waals surface area contributed by atoms with E-state index >= 15 is 4.39 Å². The molecule has 0 spiro atoms. The van der Waals surface area contributed by atoms with Gasteiger partial charge in [-0.1, -0.05) is 37.3 Å². The maximum Gasteiger partial charge on any atom is 0.221 e. The molecule has 0 bridgehead atoms. The number of hydrogen-bond donors (Lipinski definition) is 3. The predicted molar refractivity (Wildman–Crippen MR) is 126 cm³/mol. The minimum atomic E-state index is -3.75. The van der Waals surface area contributed by atoms with Crippen LogP contribution in [-0.4, -0.2) is 29.4 Å². The first-order valence-corrected chi connectivity index (χ1v) is 12.7. The van der Waals surface area contributed by atoms with Crippen LogP contribution in [0.15, 0.2) is 54.4 Å². The summed E-state index contributed by atoms with van der Waals surface area (Å²) in [5, 5.41) is 11.3. The lowest BCUT2D eigenvalue weighted by Crippen LogP contribution is -2.74. The molecule has 0 aliphatic carbocycles. The molecular formula is C24H34F2N3O4S+. The molecule has 1 saturated heterocycles. The van der Waals surface area contributed by atoms with Crippen molar-refractivity contribution in [3.8, 4) is 0 Å². The standard InChI is InChI=1S/C24H31F2N3O3S.H2O/c1-4-20(14-27-30)28-17(3)21-13-22(25)19(12-23(21)26)15-29-16(2)10-11-24(33(29,31)32)18-8-6-5-7-9-18;/h5-9,12-14,16-17,24,27-28,30H,4,10-11,15H2,1-3H3;1H2/p+1/b20-14+;/t16-,17?,24+;/m0./s1. The molecule has 7 nitrogen and oxygen atoms in total. The van der Waals surface area contributed by atoms with Crippen molar-refractivity contribution in [3.05, 3.63) is 82.7 Å². The molecule has 0 aromatic heterocycles. The number of benzene rings is 2. The second kappa shape index (κ2) is 11.9. The Morgan fingerprint density at radius 1 is 1.24 bits per heavy atom. The van der Waals surface area contributed by atoms with Crippen molar-refractivity contribution in [3.63, 3.8) is 0 Å². The molecule has 1 heterocycles. The Labute approximate surface area is 199 Å². The lowest BCUT2D eigenvalue weighted by Gasteiger charge is -2.37. The Hall–Kier alpha value is -2.37. The average Bonchev–Trinajstić information content (AvgIpc) is 2.78. The van der Waals surface area contributed by atoms with E-state index in [9.17, 15) is 12.8 Å². The zero-order valence-corrected chi connectivity index (χ0v) is 20.4. The molecule has 0 radical (unpaired) electrons. The van der Waals surface area contributed by atoms with Crippen LogP contribution in [0.5, 0.6) is 0 Å². The highest BCUT2D eigenvalue weighted by molar-refractivity contribution is 7.89. The van der Waals surface area contributed by atoms with E-state index in [4.69, 9.17) is 5.21 Å². The van der Waals surface area contributed by atoms with Crippen LogP contribution in [0, 0.1) is 11.6 Å².